The summed E-state index contributed by atoms with van der Waals surface area (Å²) in [6, 6.07) is 0. The van der Waals surface area contributed by atoms with E-state index < -0.39 is 0 Å². The van der Waals surface area contributed by atoms with E-state index in [1.807, 2.05) is 18.2 Å². The molecule has 1 nitrogen and oxygen atoms in total. The summed E-state index contributed by atoms with van der Waals surface area (Å²) in [6.45, 7) is 0. The fraction of sp³-hybridized carbons (Fsp3) is 0.300. The number of rotatable bonds is 0. The normalized spacial score (nSPS) is 34.0. The van der Waals surface area contributed by atoms with Gasteiger partial charge in [0.2, 0.25) is 0 Å². The zero-order valence-electron chi connectivity index (χ0n) is 6.23. The van der Waals surface area contributed by atoms with Crippen LogP contribution in [0.5, 0.6) is 0 Å². The first-order chi connectivity index (χ1) is 5.36. The molecule has 0 aromatic rings. The fourth-order valence-corrected chi connectivity index (χ4v) is 1.60. The van der Waals surface area contributed by atoms with Gasteiger partial charge in [-0.05, 0) is 12.0 Å². The molecule has 0 radical (unpaired) electrons. The second-order valence-electron chi connectivity index (χ2n) is 3.04. The lowest BCUT2D eigenvalue weighted by Gasteiger charge is -2.23. The summed E-state index contributed by atoms with van der Waals surface area (Å²) in [5.74, 6) is 1.15. The van der Waals surface area contributed by atoms with E-state index in [0.717, 1.165) is 0 Å². The van der Waals surface area contributed by atoms with Crippen molar-refractivity contribution in [1.82, 2.24) is 0 Å². The topological polar surface area (TPSA) is 17.1 Å². The molecule has 0 heterocycles. The third-order valence-electron chi connectivity index (χ3n) is 2.24. The third kappa shape index (κ3) is 1.18. The Kier molecular flexibility index (Phi) is 1.50. The summed E-state index contributed by atoms with van der Waals surface area (Å²) in [5, 5.41) is 0. The van der Waals surface area contributed by atoms with Gasteiger partial charge < -0.3 is 0 Å². The first-order valence-corrected chi connectivity index (χ1v) is 3.92. The van der Waals surface area contributed by atoms with Crippen LogP contribution < -0.4 is 0 Å². The quantitative estimate of drug-likeness (QED) is 0.510. The van der Waals surface area contributed by atoms with Gasteiger partial charge in [0.15, 0.2) is 5.78 Å². The van der Waals surface area contributed by atoms with Crippen LogP contribution >= 0.6 is 0 Å². The summed E-state index contributed by atoms with van der Waals surface area (Å²) >= 11 is 0. The van der Waals surface area contributed by atoms with Gasteiger partial charge in [-0.1, -0.05) is 30.4 Å². The van der Waals surface area contributed by atoms with Crippen LogP contribution in [0.3, 0.4) is 0 Å². The van der Waals surface area contributed by atoms with Crippen molar-refractivity contribution in [2.75, 3.05) is 0 Å². The number of hydrogen-bond donors (Lipinski definition) is 0. The third-order valence-corrected chi connectivity index (χ3v) is 2.24. The van der Waals surface area contributed by atoms with E-state index >= 15 is 0 Å². The molecule has 0 saturated carbocycles. The Balaban J connectivity index is 2.26. The average molecular weight is 146 g/mol. The van der Waals surface area contributed by atoms with Gasteiger partial charge in [0.1, 0.15) is 0 Å². The number of ketones is 1. The SMILES string of the molecule is O=C1C=CC2C=CC=CC2C1. The Bertz CT molecular complexity index is 258. The maximum Gasteiger partial charge on any atom is 0.156 e. The Morgan fingerprint density at radius 2 is 2.00 bits per heavy atom. The summed E-state index contributed by atoms with van der Waals surface area (Å²) < 4.78 is 0. The van der Waals surface area contributed by atoms with E-state index in [9.17, 15) is 4.79 Å². The minimum Gasteiger partial charge on any atom is -0.295 e. The number of fused-ring (bicyclic) bond motifs is 1. The number of carbonyl (C=O) groups excluding carboxylic acids is 1. The standard InChI is InChI=1S/C10H10O/c11-10-6-5-8-3-1-2-4-9(8)7-10/h1-6,8-9H,7H2. The van der Waals surface area contributed by atoms with E-state index in [1.54, 1.807) is 6.08 Å². The van der Waals surface area contributed by atoms with Gasteiger partial charge in [0, 0.05) is 12.3 Å². The maximum atomic E-state index is 11.0. The smallest absolute Gasteiger partial charge is 0.156 e. The van der Waals surface area contributed by atoms with Crippen molar-refractivity contribution in [2.24, 2.45) is 11.8 Å². The highest BCUT2D eigenvalue weighted by atomic mass is 16.1. The minimum atomic E-state index is 0.256. The number of allylic oxidation sites excluding steroid dienone is 6. The molecule has 0 saturated heterocycles. The molecule has 0 bridgehead atoms. The second kappa shape index (κ2) is 2.50. The van der Waals surface area contributed by atoms with Gasteiger partial charge in [0.05, 0.1) is 0 Å². The zero-order valence-corrected chi connectivity index (χ0v) is 6.23. The minimum absolute atomic E-state index is 0.256. The van der Waals surface area contributed by atoms with Gasteiger partial charge in [-0.3, -0.25) is 4.79 Å². The highest BCUT2D eigenvalue weighted by molar-refractivity contribution is 5.91. The van der Waals surface area contributed by atoms with Gasteiger partial charge in [-0.25, -0.2) is 0 Å². The molecule has 0 spiro atoms. The Morgan fingerprint density at radius 1 is 1.18 bits per heavy atom. The fourth-order valence-electron chi connectivity index (χ4n) is 1.60. The Morgan fingerprint density at radius 3 is 2.91 bits per heavy atom. The molecule has 2 rings (SSSR count). The highest BCUT2D eigenvalue weighted by Gasteiger charge is 2.21. The van der Waals surface area contributed by atoms with Gasteiger partial charge >= 0.3 is 0 Å². The predicted molar refractivity (Wildman–Crippen MR) is 44.0 cm³/mol. The molecular formula is C10H10O. The molecule has 2 atom stereocenters. The summed E-state index contributed by atoms with van der Waals surface area (Å²) in [4.78, 5) is 11.0. The van der Waals surface area contributed by atoms with Crippen molar-refractivity contribution < 1.29 is 4.79 Å². The van der Waals surface area contributed by atoms with Crippen LogP contribution in [0.2, 0.25) is 0 Å². The summed E-state index contributed by atoms with van der Waals surface area (Å²) in [5.41, 5.74) is 0. The summed E-state index contributed by atoms with van der Waals surface area (Å²) in [7, 11) is 0. The largest absolute Gasteiger partial charge is 0.295 e. The lowest BCUT2D eigenvalue weighted by molar-refractivity contribution is -0.115. The Labute approximate surface area is 66.1 Å². The monoisotopic (exact) mass is 146 g/mol. The van der Waals surface area contributed by atoms with Crippen LogP contribution in [0.4, 0.5) is 0 Å². The van der Waals surface area contributed by atoms with E-state index in [4.69, 9.17) is 0 Å². The van der Waals surface area contributed by atoms with E-state index in [1.165, 1.54) is 0 Å². The van der Waals surface area contributed by atoms with Gasteiger partial charge in [0.25, 0.3) is 0 Å². The zero-order chi connectivity index (χ0) is 7.68. The lowest BCUT2D eigenvalue weighted by Crippen LogP contribution is -2.18. The van der Waals surface area contributed by atoms with Crippen molar-refractivity contribution in [3.8, 4) is 0 Å². The van der Waals surface area contributed by atoms with Crippen LogP contribution in [0.25, 0.3) is 0 Å². The van der Waals surface area contributed by atoms with Crippen molar-refractivity contribution in [2.45, 2.75) is 6.42 Å². The second-order valence-corrected chi connectivity index (χ2v) is 3.04. The first-order valence-electron chi connectivity index (χ1n) is 3.92. The highest BCUT2D eigenvalue weighted by Crippen LogP contribution is 2.27. The molecule has 0 N–H and O–H groups in total. The molecule has 2 aliphatic carbocycles. The van der Waals surface area contributed by atoms with E-state index in [-0.39, 0.29) is 5.78 Å². The molecule has 0 aliphatic heterocycles. The molecule has 1 heteroatoms. The number of carbonyl (C=O) groups is 1. The van der Waals surface area contributed by atoms with E-state index in [2.05, 4.69) is 12.2 Å². The van der Waals surface area contributed by atoms with Crippen LogP contribution in [0.15, 0.2) is 36.5 Å². The van der Waals surface area contributed by atoms with E-state index in [0.29, 0.717) is 18.3 Å². The Hall–Kier alpha value is -1.11. The molecule has 0 fully saturated rings. The van der Waals surface area contributed by atoms with Crippen LogP contribution in [0, 0.1) is 11.8 Å². The molecule has 0 aromatic heterocycles. The van der Waals surface area contributed by atoms with Crippen molar-refractivity contribution in [3.05, 3.63) is 36.5 Å². The van der Waals surface area contributed by atoms with Crippen LogP contribution in [0.1, 0.15) is 6.42 Å². The van der Waals surface area contributed by atoms with Crippen LogP contribution in [-0.2, 0) is 4.79 Å². The van der Waals surface area contributed by atoms with Crippen molar-refractivity contribution in [3.63, 3.8) is 0 Å². The van der Waals surface area contributed by atoms with Crippen LogP contribution in [-0.4, -0.2) is 5.78 Å². The van der Waals surface area contributed by atoms with Crippen molar-refractivity contribution >= 4 is 5.78 Å². The first kappa shape index (κ1) is 6.59. The predicted octanol–water partition coefficient (Wildman–Crippen LogP) is 1.87. The molecule has 2 unspecified atom stereocenters. The van der Waals surface area contributed by atoms with Crippen molar-refractivity contribution in [1.29, 1.82) is 0 Å². The molecule has 11 heavy (non-hydrogen) atoms. The molecule has 2 aliphatic rings. The molecule has 56 valence electrons. The maximum absolute atomic E-state index is 11.0. The summed E-state index contributed by atoms with van der Waals surface area (Å²) in [6.07, 6.45) is 12.7. The number of hydrogen-bond acceptors (Lipinski definition) is 1. The lowest BCUT2D eigenvalue weighted by atomic mass is 9.81. The van der Waals surface area contributed by atoms with Gasteiger partial charge in [-0.2, -0.15) is 0 Å². The molecule has 0 amide bonds. The molecular weight excluding hydrogens is 136 g/mol. The van der Waals surface area contributed by atoms with Gasteiger partial charge in [-0.15, -0.1) is 0 Å². The average Bonchev–Trinajstić information content (AvgIpc) is 2.04. The molecule has 0 aromatic carbocycles.